The molecular weight excluding hydrogens is 304 g/mol. The third-order valence-electron chi connectivity index (χ3n) is 3.82. The summed E-state index contributed by atoms with van der Waals surface area (Å²) in [5.74, 6) is -0.844. The van der Waals surface area contributed by atoms with E-state index in [4.69, 9.17) is 4.74 Å². The van der Waals surface area contributed by atoms with Crippen LogP contribution in [0.1, 0.15) is 34.0 Å². The number of aromatic hydroxyl groups is 2. The molecule has 0 aliphatic heterocycles. The molecule has 0 saturated carbocycles. The van der Waals surface area contributed by atoms with E-state index in [1.54, 1.807) is 13.0 Å². The van der Waals surface area contributed by atoms with Gasteiger partial charge in [0.1, 0.15) is 17.1 Å². The number of hydrogen-bond donors (Lipinski definition) is 2. The average molecular weight is 326 g/mol. The number of benzene rings is 2. The zero-order chi connectivity index (χ0) is 17.5. The molecule has 2 N–H and O–H groups in total. The summed E-state index contributed by atoms with van der Waals surface area (Å²) < 4.78 is 5.07. The van der Waals surface area contributed by atoms with E-state index < -0.39 is 5.97 Å². The number of phenolic OH excluding ortho intramolecular Hbond substituents is 2. The Balaban J connectivity index is 2.40. The molecule has 2 aromatic carbocycles. The first-order chi connectivity index (χ1) is 11.6. The Morgan fingerprint density at radius 2 is 1.92 bits per heavy atom. The summed E-state index contributed by atoms with van der Waals surface area (Å²) >= 11 is 0. The van der Waals surface area contributed by atoms with Crippen LogP contribution in [-0.4, -0.2) is 22.8 Å². The normalized spacial score (nSPS) is 10.4. The number of ether oxygens (including phenoxy) is 1. The number of hydrogen-bond acceptors (Lipinski definition) is 4. The van der Waals surface area contributed by atoms with Crippen LogP contribution in [0.4, 0.5) is 0 Å². The quantitative estimate of drug-likeness (QED) is 0.600. The van der Waals surface area contributed by atoms with Gasteiger partial charge in [-0.15, -0.1) is 6.58 Å². The molecule has 0 saturated heterocycles. The summed E-state index contributed by atoms with van der Waals surface area (Å²) in [6, 6.07) is 11.4. The molecule has 0 heterocycles. The number of esters is 1. The first kappa shape index (κ1) is 17.6. The molecule has 24 heavy (non-hydrogen) atoms. The van der Waals surface area contributed by atoms with Crippen molar-refractivity contribution in [1.82, 2.24) is 0 Å². The van der Waals surface area contributed by atoms with Crippen molar-refractivity contribution in [1.29, 1.82) is 0 Å². The summed E-state index contributed by atoms with van der Waals surface area (Å²) in [6.45, 7) is 5.54. The molecule has 0 bridgehead atoms. The van der Waals surface area contributed by atoms with Crippen LogP contribution in [0.5, 0.6) is 11.5 Å². The van der Waals surface area contributed by atoms with Crippen molar-refractivity contribution in [2.75, 3.05) is 6.61 Å². The van der Waals surface area contributed by atoms with E-state index >= 15 is 0 Å². The molecule has 0 aromatic heterocycles. The molecule has 0 fully saturated rings. The fraction of sp³-hybridized carbons (Fsp3) is 0.250. The van der Waals surface area contributed by atoms with Gasteiger partial charge in [-0.3, -0.25) is 0 Å². The number of carbonyl (C=O) groups is 1. The smallest absolute Gasteiger partial charge is 0.342 e. The molecular formula is C20H22O4. The maximum absolute atomic E-state index is 12.3. The Hall–Kier alpha value is -2.75. The largest absolute Gasteiger partial charge is 0.508 e. The fourth-order valence-electron chi connectivity index (χ4n) is 2.65. The summed E-state index contributed by atoms with van der Waals surface area (Å²) in [5, 5.41) is 20.6. The predicted molar refractivity (Wildman–Crippen MR) is 93.5 cm³/mol. The van der Waals surface area contributed by atoms with E-state index in [9.17, 15) is 15.0 Å². The van der Waals surface area contributed by atoms with Gasteiger partial charge in [0.25, 0.3) is 0 Å². The van der Waals surface area contributed by atoms with E-state index in [0.717, 1.165) is 5.56 Å². The molecule has 2 rings (SSSR count). The van der Waals surface area contributed by atoms with Crippen molar-refractivity contribution in [3.63, 3.8) is 0 Å². The lowest BCUT2D eigenvalue weighted by molar-refractivity contribution is 0.0521. The molecule has 0 aliphatic carbocycles. The Morgan fingerprint density at radius 3 is 2.54 bits per heavy atom. The van der Waals surface area contributed by atoms with Crippen molar-refractivity contribution in [3.8, 4) is 11.5 Å². The standard InChI is InChI=1S/C20H22O4/c1-3-8-16-17(21)13-15(12-11-14-9-6-5-7-10-14)18(19(16)22)20(23)24-4-2/h3,5-7,9-10,13,21-22H,1,4,8,11-12H2,2H3. The molecule has 2 aromatic rings. The van der Waals surface area contributed by atoms with Crippen molar-refractivity contribution >= 4 is 5.97 Å². The van der Waals surface area contributed by atoms with Gasteiger partial charge in [0, 0.05) is 5.56 Å². The highest BCUT2D eigenvalue weighted by Gasteiger charge is 2.23. The lowest BCUT2D eigenvalue weighted by atomic mass is 9.94. The Bertz CT molecular complexity index is 720. The average Bonchev–Trinajstić information content (AvgIpc) is 2.57. The Morgan fingerprint density at radius 1 is 1.21 bits per heavy atom. The monoisotopic (exact) mass is 326 g/mol. The molecule has 0 aliphatic rings. The third-order valence-corrected chi connectivity index (χ3v) is 3.82. The Kier molecular flexibility index (Phi) is 6.01. The first-order valence-electron chi connectivity index (χ1n) is 7.97. The van der Waals surface area contributed by atoms with Crippen molar-refractivity contribution < 1.29 is 19.7 Å². The minimum atomic E-state index is -0.580. The number of rotatable bonds is 7. The molecule has 0 radical (unpaired) electrons. The van der Waals surface area contributed by atoms with Crippen molar-refractivity contribution in [2.45, 2.75) is 26.2 Å². The second-order valence-electron chi connectivity index (χ2n) is 5.46. The lowest BCUT2D eigenvalue weighted by Gasteiger charge is -2.15. The van der Waals surface area contributed by atoms with E-state index in [-0.39, 0.29) is 35.7 Å². The molecule has 126 valence electrons. The number of carbonyl (C=O) groups excluding carboxylic acids is 1. The van der Waals surface area contributed by atoms with Gasteiger partial charge in [-0.2, -0.15) is 0 Å². The number of allylic oxidation sites excluding steroid dienone is 1. The van der Waals surface area contributed by atoms with Gasteiger partial charge >= 0.3 is 5.97 Å². The van der Waals surface area contributed by atoms with Gasteiger partial charge in [-0.25, -0.2) is 4.79 Å². The van der Waals surface area contributed by atoms with Gasteiger partial charge in [0.05, 0.1) is 6.61 Å². The van der Waals surface area contributed by atoms with E-state index in [2.05, 4.69) is 6.58 Å². The third kappa shape index (κ3) is 3.96. The zero-order valence-corrected chi connectivity index (χ0v) is 13.8. The van der Waals surface area contributed by atoms with Crippen LogP contribution in [0.3, 0.4) is 0 Å². The lowest BCUT2D eigenvalue weighted by Crippen LogP contribution is -2.10. The number of aryl methyl sites for hydroxylation is 2. The van der Waals surface area contributed by atoms with Crippen molar-refractivity contribution in [2.24, 2.45) is 0 Å². The summed E-state index contributed by atoms with van der Waals surface area (Å²) in [7, 11) is 0. The maximum Gasteiger partial charge on any atom is 0.342 e. The topological polar surface area (TPSA) is 66.8 Å². The summed E-state index contributed by atoms with van der Waals surface area (Å²) in [6.07, 6.45) is 3.02. The van der Waals surface area contributed by atoms with Crippen LogP contribution in [0.2, 0.25) is 0 Å². The van der Waals surface area contributed by atoms with Gasteiger partial charge in [-0.05, 0) is 43.4 Å². The number of phenols is 2. The molecule has 4 nitrogen and oxygen atoms in total. The SMILES string of the molecule is C=CCc1c(O)cc(CCc2ccccc2)c(C(=O)OCC)c1O. The second kappa shape index (κ2) is 8.20. The highest BCUT2D eigenvalue weighted by Crippen LogP contribution is 2.35. The van der Waals surface area contributed by atoms with Gasteiger partial charge in [0.2, 0.25) is 0 Å². The van der Waals surface area contributed by atoms with Crippen molar-refractivity contribution in [3.05, 3.63) is 71.3 Å². The predicted octanol–water partition coefficient (Wildman–Crippen LogP) is 3.79. The molecule has 0 atom stereocenters. The van der Waals surface area contributed by atoms with Gasteiger partial charge < -0.3 is 14.9 Å². The fourth-order valence-corrected chi connectivity index (χ4v) is 2.65. The van der Waals surface area contributed by atoms with E-state index in [1.807, 2.05) is 30.3 Å². The zero-order valence-electron chi connectivity index (χ0n) is 13.8. The second-order valence-corrected chi connectivity index (χ2v) is 5.46. The van der Waals surface area contributed by atoms with Crippen LogP contribution in [0.25, 0.3) is 0 Å². The minimum Gasteiger partial charge on any atom is -0.508 e. The van der Waals surface area contributed by atoms with Crippen LogP contribution in [0, 0.1) is 0 Å². The summed E-state index contributed by atoms with van der Waals surface area (Å²) in [4.78, 5) is 12.3. The molecule has 0 amide bonds. The molecule has 0 unspecified atom stereocenters. The van der Waals surface area contributed by atoms with Crippen LogP contribution in [-0.2, 0) is 24.0 Å². The van der Waals surface area contributed by atoms with Crippen LogP contribution in [0.15, 0.2) is 49.1 Å². The maximum atomic E-state index is 12.3. The summed E-state index contributed by atoms with van der Waals surface area (Å²) in [5.41, 5.74) is 2.10. The molecule has 4 heteroatoms. The van der Waals surface area contributed by atoms with Gasteiger partial charge in [-0.1, -0.05) is 36.4 Å². The van der Waals surface area contributed by atoms with Crippen LogP contribution >= 0.6 is 0 Å². The van der Waals surface area contributed by atoms with E-state index in [0.29, 0.717) is 18.4 Å². The minimum absolute atomic E-state index is 0.0384. The highest BCUT2D eigenvalue weighted by atomic mass is 16.5. The van der Waals surface area contributed by atoms with E-state index in [1.165, 1.54) is 6.07 Å². The Labute approximate surface area is 142 Å². The molecule has 0 spiro atoms. The first-order valence-corrected chi connectivity index (χ1v) is 7.97. The van der Waals surface area contributed by atoms with Gasteiger partial charge in [0.15, 0.2) is 0 Å². The van der Waals surface area contributed by atoms with Crippen LogP contribution < -0.4 is 0 Å². The highest BCUT2D eigenvalue weighted by molar-refractivity contribution is 5.95.